The second kappa shape index (κ2) is 10.1. The number of fused-ring (bicyclic) bond motifs is 1. The summed E-state index contributed by atoms with van der Waals surface area (Å²) < 4.78 is 12.0. The van der Waals surface area contributed by atoms with Crippen LogP contribution in [0.15, 0.2) is 60.7 Å². The quantitative estimate of drug-likeness (QED) is 0.435. The number of aliphatic carboxylic acids is 1. The Bertz CT molecular complexity index is 1310. The molecule has 7 nitrogen and oxygen atoms in total. The third-order valence-electron chi connectivity index (χ3n) is 6.34. The van der Waals surface area contributed by atoms with E-state index in [9.17, 15) is 14.7 Å². The summed E-state index contributed by atoms with van der Waals surface area (Å²) in [7, 11) is 2.03. The number of nitrogens with zero attached hydrogens (tertiary/aromatic N) is 1. The van der Waals surface area contributed by atoms with E-state index in [1.54, 1.807) is 44.2 Å². The molecular weight excluding hydrogens is 480 g/mol. The topological polar surface area (TPSA) is 88.1 Å². The molecule has 0 radical (unpaired) electrons. The zero-order valence-electron chi connectivity index (χ0n) is 20.7. The number of anilines is 2. The van der Waals surface area contributed by atoms with E-state index in [-0.39, 0.29) is 12.0 Å². The second-order valence-corrected chi connectivity index (χ2v) is 9.93. The fourth-order valence-corrected chi connectivity index (χ4v) is 4.33. The Kier molecular flexibility index (Phi) is 7.13. The molecule has 0 aliphatic carbocycles. The number of likely N-dealkylation sites (N-methyl/N-ethyl adjacent to an activating group) is 1. The van der Waals surface area contributed by atoms with E-state index in [0.29, 0.717) is 40.7 Å². The lowest BCUT2D eigenvalue weighted by Gasteiger charge is -2.33. The van der Waals surface area contributed by atoms with E-state index >= 15 is 0 Å². The molecule has 188 valence electrons. The summed E-state index contributed by atoms with van der Waals surface area (Å²) in [5.41, 5.74) is 2.04. The van der Waals surface area contributed by atoms with Crippen molar-refractivity contribution < 1.29 is 24.2 Å². The van der Waals surface area contributed by atoms with Crippen LogP contribution in [0.4, 0.5) is 11.4 Å². The van der Waals surface area contributed by atoms with Crippen LogP contribution in [0.25, 0.3) is 0 Å². The average molecular weight is 509 g/mol. The molecule has 1 aliphatic heterocycles. The van der Waals surface area contributed by atoms with Crippen LogP contribution in [0.2, 0.25) is 5.02 Å². The van der Waals surface area contributed by atoms with Crippen molar-refractivity contribution in [1.29, 1.82) is 0 Å². The number of carbonyl (C=O) groups is 2. The van der Waals surface area contributed by atoms with E-state index in [1.165, 1.54) is 0 Å². The van der Waals surface area contributed by atoms with Gasteiger partial charge in [-0.05, 0) is 80.4 Å². The summed E-state index contributed by atoms with van der Waals surface area (Å²) in [5, 5.41) is 12.7. The van der Waals surface area contributed by atoms with Gasteiger partial charge in [-0.25, -0.2) is 0 Å². The van der Waals surface area contributed by atoms with Gasteiger partial charge in [0, 0.05) is 23.3 Å². The fourth-order valence-electron chi connectivity index (χ4n) is 4.09. The first-order chi connectivity index (χ1) is 17.0. The van der Waals surface area contributed by atoms with Crippen LogP contribution >= 0.6 is 11.6 Å². The van der Waals surface area contributed by atoms with Crippen LogP contribution in [0.1, 0.15) is 35.3 Å². The first-order valence-electron chi connectivity index (χ1n) is 11.6. The Morgan fingerprint density at radius 3 is 2.64 bits per heavy atom. The summed E-state index contributed by atoms with van der Waals surface area (Å²) in [5.74, 6) is 0.165. The van der Waals surface area contributed by atoms with E-state index in [2.05, 4.69) is 10.2 Å². The predicted octanol–water partition coefficient (Wildman–Crippen LogP) is 5.54. The van der Waals surface area contributed by atoms with Crippen LogP contribution in [0, 0.1) is 6.92 Å². The number of benzene rings is 3. The molecule has 0 unspecified atom stereocenters. The number of carboxylic acid groups (broad SMARTS) is 1. The molecule has 0 bridgehead atoms. The number of hydrogen-bond acceptors (Lipinski definition) is 5. The van der Waals surface area contributed by atoms with Gasteiger partial charge in [-0.1, -0.05) is 23.7 Å². The standard InChI is InChI=1S/C28H29ClN2O5/c1-17-11-21(35-16-22-15-31(4)24-7-5-6-8-25(24)36-22)9-10-23(17)26(32)30-20-13-18(12-19(29)14-20)28(2,3)27(33)34/h5-14,22H,15-16H2,1-4H3,(H,30,32)(H,33,34)/t22-/m0/s1. The van der Waals surface area contributed by atoms with Crippen molar-refractivity contribution in [1.82, 2.24) is 0 Å². The highest BCUT2D eigenvalue weighted by Crippen LogP contribution is 2.32. The van der Waals surface area contributed by atoms with Gasteiger partial charge in [-0.2, -0.15) is 0 Å². The number of aryl methyl sites for hydroxylation is 1. The lowest BCUT2D eigenvalue weighted by atomic mass is 9.84. The minimum atomic E-state index is -1.15. The number of hydrogen-bond donors (Lipinski definition) is 2. The number of carbonyl (C=O) groups excluding carboxylic acids is 1. The molecule has 4 rings (SSSR count). The van der Waals surface area contributed by atoms with Crippen LogP contribution in [-0.4, -0.2) is 43.3 Å². The number of nitrogens with one attached hydrogen (secondary N) is 1. The van der Waals surface area contributed by atoms with E-state index in [1.807, 2.05) is 44.3 Å². The zero-order valence-corrected chi connectivity index (χ0v) is 21.4. The summed E-state index contributed by atoms with van der Waals surface area (Å²) in [6.45, 7) is 6.08. The molecule has 0 fully saturated rings. The van der Waals surface area contributed by atoms with Crippen LogP contribution < -0.4 is 19.7 Å². The molecule has 3 aromatic rings. The lowest BCUT2D eigenvalue weighted by Crippen LogP contribution is -2.41. The molecule has 0 aromatic heterocycles. The van der Waals surface area contributed by atoms with Gasteiger partial charge in [0.1, 0.15) is 24.2 Å². The van der Waals surface area contributed by atoms with Gasteiger partial charge in [0.05, 0.1) is 17.6 Å². The normalized spacial score (nSPS) is 15.0. The minimum absolute atomic E-state index is 0.125. The van der Waals surface area contributed by atoms with Crippen molar-refractivity contribution in [2.24, 2.45) is 0 Å². The van der Waals surface area contributed by atoms with Gasteiger partial charge in [0.2, 0.25) is 0 Å². The molecule has 0 saturated heterocycles. The van der Waals surface area contributed by atoms with Gasteiger partial charge >= 0.3 is 5.97 Å². The molecule has 1 aliphatic rings. The Balaban J connectivity index is 1.42. The molecular formula is C28H29ClN2O5. The largest absolute Gasteiger partial charge is 0.490 e. The molecule has 0 saturated carbocycles. The molecule has 2 N–H and O–H groups in total. The Morgan fingerprint density at radius 1 is 1.17 bits per heavy atom. The summed E-state index contributed by atoms with van der Waals surface area (Å²) >= 11 is 6.20. The predicted molar refractivity (Wildman–Crippen MR) is 141 cm³/mol. The number of carboxylic acids is 1. The van der Waals surface area contributed by atoms with Crippen molar-refractivity contribution in [2.45, 2.75) is 32.3 Å². The Hall–Kier alpha value is -3.71. The van der Waals surface area contributed by atoms with Crippen molar-refractivity contribution in [3.8, 4) is 11.5 Å². The number of para-hydroxylation sites is 2. The number of rotatable bonds is 7. The maximum atomic E-state index is 13.0. The molecule has 3 aromatic carbocycles. The fraction of sp³-hybridized carbons (Fsp3) is 0.286. The number of amides is 1. The third kappa shape index (κ3) is 5.41. The number of halogens is 1. The van der Waals surface area contributed by atoms with Crippen LogP contribution in [0.5, 0.6) is 11.5 Å². The smallest absolute Gasteiger partial charge is 0.313 e. The maximum absolute atomic E-state index is 13.0. The summed E-state index contributed by atoms with van der Waals surface area (Å²) in [6.07, 6.45) is -0.125. The number of ether oxygens (including phenoxy) is 2. The zero-order chi connectivity index (χ0) is 26.0. The van der Waals surface area contributed by atoms with Crippen molar-refractivity contribution in [2.75, 3.05) is 30.4 Å². The van der Waals surface area contributed by atoms with E-state index < -0.39 is 11.4 Å². The average Bonchev–Trinajstić information content (AvgIpc) is 2.82. The molecule has 1 atom stereocenters. The highest BCUT2D eigenvalue weighted by atomic mass is 35.5. The third-order valence-corrected chi connectivity index (χ3v) is 6.56. The van der Waals surface area contributed by atoms with Crippen molar-refractivity contribution in [3.05, 3.63) is 82.4 Å². The Morgan fingerprint density at radius 2 is 1.92 bits per heavy atom. The highest BCUT2D eigenvalue weighted by Gasteiger charge is 2.30. The van der Waals surface area contributed by atoms with Gasteiger partial charge in [0.25, 0.3) is 5.91 Å². The molecule has 1 heterocycles. The molecule has 0 spiro atoms. The molecule has 8 heteroatoms. The first kappa shape index (κ1) is 25.4. The van der Waals surface area contributed by atoms with Crippen molar-refractivity contribution >= 4 is 34.9 Å². The monoisotopic (exact) mass is 508 g/mol. The van der Waals surface area contributed by atoms with Gasteiger partial charge in [0.15, 0.2) is 0 Å². The maximum Gasteiger partial charge on any atom is 0.313 e. The van der Waals surface area contributed by atoms with Gasteiger partial charge in [-0.15, -0.1) is 0 Å². The van der Waals surface area contributed by atoms with Crippen LogP contribution in [0.3, 0.4) is 0 Å². The minimum Gasteiger partial charge on any atom is -0.490 e. The molecule has 36 heavy (non-hydrogen) atoms. The Labute approximate surface area is 215 Å². The highest BCUT2D eigenvalue weighted by molar-refractivity contribution is 6.31. The van der Waals surface area contributed by atoms with E-state index in [4.69, 9.17) is 21.1 Å². The lowest BCUT2D eigenvalue weighted by molar-refractivity contribution is -0.142. The molecule has 1 amide bonds. The van der Waals surface area contributed by atoms with Gasteiger partial charge in [-0.3, -0.25) is 9.59 Å². The SMILES string of the molecule is Cc1cc(OC[C@@H]2CN(C)c3ccccc3O2)ccc1C(=O)Nc1cc(Cl)cc(C(C)(C)C(=O)O)c1. The second-order valence-electron chi connectivity index (χ2n) is 9.49. The van der Waals surface area contributed by atoms with Crippen molar-refractivity contribution in [3.63, 3.8) is 0 Å². The van der Waals surface area contributed by atoms with Crippen LogP contribution in [-0.2, 0) is 10.2 Å². The van der Waals surface area contributed by atoms with E-state index in [0.717, 1.165) is 17.0 Å². The summed E-state index contributed by atoms with van der Waals surface area (Å²) in [6, 6.07) is 18.0. The first-order valence-corrected chi connectivity index (χ1v) is 12.0. The van der Waals surface area contributed by atoms with Gasteiger partial charge < -0.3 is 24.8 Å². The summed E-state index contributed by atoms with van der Waals surface area (Å²) in [4.78, 5) is 26.8.